The first-order valence-electron chi connectivity index (χ1n) is 10.2. The molecule has 1 fully saturated rings. The first kappa shape index (κ1) is 21.5. The van der Waals surface area contributed by atoms with Crippen LogP contribution in [-0.4, -0.2) is 56.2 Å². The molecule has 1 saturated heterocycles. The smallest absolute Gasteiger partial charge is 0.337 e. The van der Waals surface area contributed by atoms with Crippen LogP contribution in [0.1, 0.15) is 29.3 Å². The highest BCUT2D eigenvalue weighted by molar-refractivity contribution is 5.89. The number of halogens is 1. The molecule has 30 heavy (non-hydrogen) atoms. The average molecular weight is 413 g/mol. The highest BCUT2D eigenvalue weighted by Gasteiger charge is 2.25. The molecule has 3 rings (SSSR count). The Labute approximate surface area is 176 Å². The van der Waals surface area contributed by atoms with Crippen LogP contribution < -0.4 is 15.5 Å². The topological polar surface area (TPSA) is 78.8 Å². The molecule has 1 aliphatic heterocycles. The molecule has 2 N–H and O–H groups in total. The number of methoxy groups -OCH3 is 1. The molecular weight excluding hydrogens is 385 g/mol. The molecule has 2 aromatic rings. The van der Waals surface area contributed by atoms with Gasteiger partial charge in [-0.15, -0.1) is 0 Å². The number of pyridine rings is 1. The van der Waals surface area contributed by atoms with E-state index < -0.39 is 0 Å². The van der Waals surface area contributed by atoms with Gasteiger partial charge in [0.25, 0.3) is 0 Å². The Balaban J connectivity index is 1.53. The fourth-order valence-corrected chi connectivity index (χ4v) is 3.42. The van der Waals surface area contributed by atoms with Crippen molar-refractivity contribution in [3.05, 3.63) is 59.5 Å². The number of ether oxygens (including phenoxy) is 1. The van der Waals surface area contributed by atoms with Gasteiger partial charge in [0.1, 0.15) is 0 Å². The molecule has 2 heterocycles. The van der Waals surface area contributed by atoms with E-state index in [1.165, 1.54) is 13.2 Å². The zero-order chi connectivity index (χ0) is 21.3. The average Bonchev–Trinajstić information content (AvgIpc) is 3.22. The van der Waals surface area contributed by atoms with Gasteiger partial charge < -0.3 is 20.3 Å². The van der Waals surface area contributed by atoms with E-state index >= 15 is 0 Å². The van der Waals surface area contributed by atoms with Crippen LogP contribution >= 0.6 is 0 Å². The van der Waals surface area contributed by atoms with Gasteiger partial charge in [0.05, 0.1) is 12.7 Å². The minimum Gasteiger partial charge on any atom is -0.465 e. The summed E-state index contributed by atoms with van der Waals surface area (Å²) >= 11 is 0. The first-order chi connectivity index (χ1) is 14.6. The van der Waals surface area contributed by atoms with Crippen molar-refractivity contribution in [1.29, 1.82) is 0 Å². The summed E-state index contributed by atoms with van der Waals surface area (Å²) in [4.78, 5) is 22.3. The number of guanidine groups is 1. The van der Waals surface area contributed by atoms with Gasteiger partial charge in [-0.25, -0.2) is 14.2 Å². The number of anilines is 1. The van der Waals surface area contributed by atoms with Crippen molar-refractivity contribution in [3.63, 3.8) is 0 Å². The fourth-order valence-electron chi connectivity index (χ4n) is 3.42. The molecule has 160 valence electrons. The van der Waals surface area contributed by atoms with E-state index in [1.54, 1.807) is 24.4 Å². The maximum Gasteiger partial charge on any atom is 0.337 e. The van der Waals surface area contributed by atoms with Crippen LogP contribution in [0.15, 0.2) is 47.6 Å². The van der Waals surface area contributed by atoms with Crippen molar-refractivity contribution in [1.82, 2.24) is 15.6 Å². The van der Waals surface area contributed by atoms with Crippen molar-refractivity contribution in [2.75, 3.05) is 38.2 Å². The SMILES string of the molecule is CCNC(=NCCc1ccc(C(=O)OC)cc1)NC1CCN(c2ncccc2F)C1. The number of rotatable bonds is 7. The second-order valence-electron chi connectivity index (χ2n) is 7.08. The third-order valence-electron chi connectivity index (χ3n) is 4.96. The molecule has 7 nitrogen and oxygen atoms in total. The zero-order valence-corrected chi connectivity index (χ0v) is 17.4. The van der Waals surface area contributed by atoms with Crippen LogP contribution in [-0.2, 0) is 11.2 Å². The van der Waals surface area contributed by atoms with Gasteiger partial charge in [-0.1, -0.05) is 12.1 Å². The largest absolute Gasteiger partial charge is 0.465 e. The third kappa shape index (κ3) is 5.68. The summed E-state index contributed by atoms with van der Waals surface area (Å²) in [5.41, 5.74) is 1.63. The fraction of sp³-hybridized carbons (Fsp3) is 0.409. The maximum atomic E-state index is 14.0. The van der Waals surface area contributed by atoms with Crippen molar-refractivity contribution >= 4 is 17.7 Å². The zero-order valence-electron chi connectivity index (χ0n) is 17.4. The molecule has 1 unspecified atom stereocenters. The Bertz CT molecular complexity index is 872. The summed E-state index contributed by atoms with van der Waals surface area (Å²) in [6.07, 6.45) is 3.26. The lowest BCUT2D eigenvalue weighted by atomic mass is 10.1. The van der Waals surface area contributed by atoms with Crippen LogP contribution in [0.3, 0.4) is 0 Å². The van der Waals surface area contributed by atoms with Gasteiger partial charge in [-0.3, -0.25) is 4.99 Å². The molecule has 0 aliphatic carbocycles. The number of nitrogens with zero attached hydrogens (tertiary/aromatic N) is 3. The predicted octanol–water partition coefficient (Wildman–Crippen LogP) is 2.38. The highest BCUT2D eigenvalue weighted by atomic mass is 19.1. The van der Waals surface area contributed by atoms with Gasteiger partial charge in [-0.2, -0.15) is 0 Å². The Morgan fingerprint density at radius 1 is 1.33 bits per heavy atom. The van der Waals surface area contributed by atoms with Gasteiger partial charge in [-0.05, 0) is 49.6 Å². The number of carbonyl (C=O) groups excluding carboxylic acids is 1. The van der Waals surface area contributed by atoms with Crippen LogP contribution in [0.4, 0.5) is 10.2 Å². The molecule has 0 saturated carbocycles. The monoisotopic (exact) mass is 413 g/mol. The number of aromatic nitrogens is 1. The maximum absolute atomic E-state index is 14.0. The predicted molar refractivity (Wildman–Crippen MR) is 115 cm³/mol. The second-order valence-corrected chi connectivity index (χ2v) is 7.08. The van der Waals surface area contributed by atoms with E-state index in [1.807, 2.05) is 24.0 Å². The van der Waals surface area contributed by atoms with Crippen molar-refractivity contribution < 1.29 is 13.9 Å². The van der Waals surface area contributed by atoms with Gasteiger partial charge in [0.15, 0.2) is 17.6 Å². The van der Waals surface area contributed by atoms with Crippen molar-refractivity contribution in [2.45, 2.75) is 25.8 Å². The summed E-state index contributed by atoms with van der Waals surface area (Å²) in [5.74, 6) is 0.516. The number of hydrogen-bond acceptors (Lipinski definition) is 5. The standard InChI is InChI=1S/C22H28FN5O2/c1-3-24-22(26-13-10-16-6-8-17(9-7-16)21(29)30-2)27-18-11-14-28(15-18)20-19(23)5-4-12-25-20/h4-9,12,18H,3,10-11,13-15H2,1-2H3,(H2,24,26,27). The summed E-state index contributed by atoms with van der Waals surface area (Å²) in [7, 11) is 1.37. The molecule has 0 amide bonds. The lowest BCUT2D eigenvalue weighted by Gasteiger charge is -2.20. The molecular formula is C22H28FN5O2. The number of aliphatic imine (C=N–C) groups is 1. The number of nitrogens with one attached hydrogen (secondary N) is 2. The Morgan fingerprint density at radius 3 is 2.83 bits per heavy atom. The van der Waals surface area contributed by atoms with Crippen LogP contribution in [0, 0.1) is 5.82 Å². The van der Waals surface area contributed by atoms with Crippen LogP contribution in [0.5, 0.6) is 0 Å². The molecule has 8 heteroatoms. The molecule has 1 aliphatic rings. The van der Waals surface area contributed by atoms with Crippen LogP contribution in [0.25, 0.3) is 0 Å². The van der Waals surface area contributed by atoms with Crippen molar-refractivity contribution in [3.8, 4) is 0 Å². The summed E-state index contributed by atoms with van der Waals surface area (Å²) in [5, 5.41) is 6.70. The number of benzene rings is 1. The number of esters is 1. The van der Waals surface area contributed by atoms with E-state index in [-0.39, 0.29) is 17.8 Å². The van der Waals surface area contributed by atoms with Crippen LogP contribution in [0.2, 0.25) is 0 Å². The summed E-state index contributed by atoms with van der Waals surface area (Å²) in [6.45, 7) is 4.81. The minimum absolute atomic E-state index is 0.170. The minimum atomic E-state index is -0.339. The Morgan fingerprint density at radius 2 is 2.13 bits per heavy atom. The number of hydrogen-bond donors (Lipinski definition) is 2. The van der Waals surface area contributed by atoms with Gasteiger partial charge in [0, 0.05) is 38.4 Å². The lowest BCUT2D eigenvalue weighted by Crippen LogP contribution is -2.44. The van der Waals surface area contributed by atoms with Gasteiger partial charge >= 0.3 is 5.97 Å². The molecule has 0 radical (unpaired) electrons. The second kappa shape index (κ2) is 10.6. The van der Waals surface area contributed by atoms with E-state index in [0.717, 1.165) is 37.5 Å². The third-order valence-corrected chi connectivity index (χ3v) is 4.96. The molecule has 1 aromatic heterocycles. The van der Waals surface area contributed by atoms with Gasteiger partial charge in [0.2, 0.25) is 0 Å². The Kier molecular flexibility index (Phi) is 7.59. The Hall–Kier alpha value is -3.16. The summed E-state index contributed by atoms with van der Waals surface area (Å²) in [6, 6.07) is 10.6. The van der Waals surface area contributed by atoms with Crippen molar-refractivity contribution in [2.24, 2.45) is 4.99 Å². The normalized spacial score (nSPS) is 16.4. The molecule has 1 atom stereocenters. The lowest BCUT2D eigenvalue weighted by molar-refractivity contribution is 0.0600. The highest BCUT2D eigenvalue weighted by Crippen LogP contribution is 2.20. The van der Waals surface area contributed by atoms with E-state index in [9.17, 15) is 9.18 Å². The van der Waals surface area contributed by atoms with E-state index in [2.05, 4.69) is 20.6 Å². The summed E-state index contributed by atoms with van der Waals surface area (Å²) < 4.78 is 18.7. The molecule has 1 aromatic carbocycles. The molecule has 0 bridgehead atoms. The number of carbonyl (C=O) groups is 1. The van der Waals surface area contributed by atoms with E-state index in [0.29, 0.717) is 24.5 Å². The quantitative estimate of drug-likeness (QED) is 0.412. The first-order valence-corrected chi connectivity index (χ1v) is 10.2. The van der Waals surface area contributed by atoms with E-state index in [4.69, 9.17) is 4.74 Å². The molecule has 0 spiro atoms.